The maximum atomic E-state index is 8.45. The summed E-state index contributed by atoms with van der Waals surface area (Å²) in [5.74, 6) is 0. The van der Waals surface area contributed by atoms with E-state index in [1.54, 1.807) is 48.5 Å². The Morgan fingerprint density at radius 2 is 0.840 bits per heavy atom. The van der Waals surface area contributed by atoms with Gasteiger partial charge >= 0.3 is 0 Å². The molecular weight excluding hydrogens is 312 g/mol. The van der Waals surface area contributed by atoms with Gasteiger partial charge in [0.2, 0.25) is 0 Å². The fourth-order valence-corrected chi connectivity index (χ4v) is 1.56. The van der Waals surface area contributed by atoms with E-state index < -0.39 is 0 Å². The van der Waals surface area contributed by atoms with Gasteiger partial charge in [0.25, 0.3) is 0 Å². The molecule has 0 saturated heterocycles. The molecule has 0 aliphatic heterocycles. The Labute approximate surface area is 148 Å². The third-order valence-electron chi connectivity index (χ3n) is 2.74. The highest BCUT2D eigenvalue weighted by Crippen LogP contribution is 2.04. The van der Waals surface area contributed by atoms with Crippen molar-refractivity contribution in [3.05, 3.63) is 70.8 Å². The van der Waals surface area contributed by atoms with Crippen molar-refractivity contribution in [2.24, 2.45) is 0 Å². The van der Waals surface area contributed by atoms with Crippen LogP contribution in [-0.4, -0.2) is 13.2 Å². The van der Waals surface area contributed by atoms with Gasteiger partial charge in [-0.15, -0.1) is 0 Å². The molecule has 2 aromatic carbocycles. The van der Waals surface area contributed by atoms with E-state index in [4.69, 9.17) is 25.8 Å². The zero-order valence-corrected chi connectivity index (χ0v) is 14.2. The van der Waals surface area contributed by atoms with Crippen molar-refractivity contribution in [2.75, 3.05) is 13.2 Å². The summed E-state index contributed by atoms with van der Waals surface area (Å²) in [7, 11) is 0. The second-order valence-electron chi connectivity index (χ2n) is 4.32. The summed E-state index contributed by atoms with van der Waals surface area (Å²) in [6, 6.07) is 21.1. The second kappa shape index (κ2) is 14.0. The van der Waals surface area contributed by atoms with Crippen molar-refractivity contribution in [3.8, 4) is 24.3 Å². The highest BCUT2D eigenvalue weighted by molar-refractivity contribution is 5.45. The molecule has 0 aromatic heterocycles. The molecular formula is C20H18N4O. The third kappa shape index (κ3) is 8.53. The van der Waals surface area contributed by atoms with Crippen LogP contribution in [-0.2, 0) is 4.74 Å². The van der Waals surface area contributed by atoms with Gasteiger partial charge in [0.1, 0.15) is 24.3 Å². The van der Waals surface area contributed by atoms with Crippen molar-refractivity contribution in [1.82, 2.24) is 0 Å². The molecule has 5 nitrogen and oxygen atoms in total. The van der Waals surface area contributed by atoms with Gasteiger partial charge in [0.15, 0.2) is 0 Å². The number of benzene rings is 2. The molecule has 0 saturated carbocycles. The second-order valence-corrected chi connectivity index (χ2v) is 4.32. The molecule has 0 spiro atoms. The molecule has 0 fully saturated rings. The lowest BCUT2D eigenvalue weighted by atomic mass is 10.1. The molecule has 25 heavy (non-hydrogen) atoms. The van der Waals surface area contributed by atoms with Gasteiger partial charge in [-0.2, -0.15) is 21.0 Å². The average molecular weight is 330 g/mol. The topological polar surface area (TPSA) is 104 Å². The molecule has 0 aliphatic rings. The number of nitrogens with zero attached hydrogens (tertiary/aromatic N) is 4. The standard InChI is InChI=1S/2C8H4N2.C4H10O/c2*9-5-7-3-1-2-4-8(7)6-10;1-3-5-4-2/h2*1-4H;3-4H2,1-2H3. The quantitative estimate of drug-likeness (QED) is 0.830. The summed E-state index contributed by atoms with van der Waals surface area (Å²) in [5, 5.41) is 33.8. The van der Waals surface area contributed by atoms with E-state index in [0.29, 0.717) is 22.3 Å². The van der Waals surface area contributed by atoms with E-state index in [1.165, 1.54) is 0 Å². The van der Waals surface area contributed by atoms with Crippen LogP contribution in [0.1, 0.15) is 36.1 Å². The summed E-state index contributed by atoms with van der Waals surface area (Å²) in [4.78, 5) is 0. The fourth-order valence-electron chi connectivity index (χ4n) is 1.56. The third-order valence-corrected chi connectivity index (χ3v) is 2.74. The van der Waals surface area contributed by atoms with E-state index in [1.807, 2.05) is 38.1 Å². The fraction of sp³-hybridized carbons (Fsp3) is 0.200. The monoisotopic (exact) mass is 330 g/mol. The minimum absolute atomic E-state index is 0.435. The van der Waals surface area contributed by atoms with E-state index in [9.17, 15) is 0 Å². The molecule has 5 heteroatoms. The van der Waals surface area contributed by atoms with Gasteiger partial charge in [-0.3, -0.25) is 0 Å². The average Bonchev–Trinajstić information content (AvgIpc) is 2.69. The van der Waals surface area contributed by atoms with Crippen LogP contribution in [0.5, 0.6) is 0 Å². The minimum Gasteiger partial charge on any atom is -0.382 e. The molecule has 2 aromatic rings. The zero-order valence-electron chi connectivity index (χ0n) is 14.2. The molecule has 0 atom stereocenters. The Hall–Kier alpha value is -3.64. The molecule has 0 amide bonds. The minimum atomic E-state index is 0.435. The lowest BCUT2D eigenvalue weighted by Gasteiger charge is -1.88. The van der Waals surface area contributed by atoms with E-state index in [-0.39, 0.29) is 0 Å². The van der Waals surface area contributed by atoms with E-state index in [0.717, 1.165) is 13.2 Å². The normalized spacial score (nSPS) is 7.92. The van der Waals surface area contributed by atoms with Crippen LogP contribution in [0.4, 0.5) is 0 Å². The first kappa shape index (κ1) is 21.4. The Bertz CT molecular complexity index is 682. The van der Waals surface area contributed by atoms with Crippen molar-refractivity contribution < 1.29 is 4.74 Å². The predicted molar refractivity (Wildman–Crippen MR) is 93.9 cm³/mol. The first-order valence-corrected chi connectivity index (χ1v) is 7.54. The molecule has 0 bridgehead atoms. The van der Waals surface area contributed by atoms with Crippen LogP contribution in [0, 0.1) is 45.3 Å². The van der Waals surface area contributed by atoms with Gasteiger partial charge in [-0.25, -0.2) is 0 Å². The van der Waals surface area contributed by atoms with Gasteiger partial charge < -0.3 is 4.74 Å². The molecule has 0 heterocycles. The van der Waals surface area contributed by atoms with Crippen LogP contribution in [0.2, 0.25) is 0 Å². The number of hydrogen-bond acceptors (Lipinski definition) is 5. The summed E-state index contributed by atoms with van der Waals surface area (Å²) < 4.78 is 4.83. The van der Waals surface area contributed by atoms with Crippen molar-refractivity contribution >= 4 is 0 Å². The molecule has 124 valence electrons. The molecule has 0 N–H and O–H groups in total. The smallest absolute Gasteiger partial charge is 0.101 e. The first-order valence-electron chi connectivity index (χ1n) is 7.54. The highest BCUT2D eigenvalue weighted by Gasteiger charge is 1.96. The van der Waals surface area contributed by atoms with Crippen LogP contribution >= 0.6 is 0 Å². The Morgan fingerprint density at radius 3 is 0.960 bits per heavy atom. The number of rotatable bonds is 2. The van der Waals surface area contributed by atoms with Crippen LogP contribution in [0.3, 0.4) is 0 Å². The maximum Gasteiger partial charge on any atom is 0.101 e. The number of nitriles is 4. The van der Waals surface area contributed by atoms with E-state index >= 15 is 0 Å². The van der Waals surface area contributed by atoms with Crippen LogP contribution in [0.15, 0.2) is 48.5 Å². The summed E-state index contributed by atoms with van der Waals surface area (Å²) in [5.41, 5.74) is 1.74. The van der Waals surface area contributed by atoms with Crippen LogP contribution < -0.4 is 0 Å². The molecule has 2 rings (SSSR count). The lowest BCUT2D eigenvalue weighted by molar-refractivity contribution is 0.162. The number of ether oxygens (including phenoxy) is 1. The largest absolute Gasteiger partial charge is 0.382 e. The summed E-state index contributed by atoms with van der Waals surface area (Å²) in [6.07, 6.45) is 0. The highest BCUT2D eigenvalue weighted by atomic mass is 16.5. The van der Waals surface area contributed by atoms with E-state index in [2.05, 4.69) is 0 Å². The maximum absolute atomic E-state index is 8.45. The number of hydrogen-bond donors (Lipinski definition) is 0. The van der Waals surface area contributed by atoms with Gasteiger partial charge in [0, 0.05) is 13.2 Å². The molecule has 0 aliphatic carbocycles. The van der Waals surface area contributed by atoms with Gasteiger partial charge in [-0.1, -0.05) is 24.3 Å². The summed E-state index contributed by atoms with van der Waals surface area (Å²) in [6.45, 7) is 5.67. The Kier molecular flexibility index (Phi) is 11.9. The van der Waals surface area contributed by atoms with Crippen LogP contribution in [0.25, 0.3) is 0 Å². The lowest BCUT2D eigenvalue weighted by Crippen LogP contribution is -1.84. The zero-order chi connectivity index (χ0) is 18.9. The van der Waals surface area contributed by atoms with Gasteiger partial charge in [0.05, 0.1) is 22.3 Å². The predicted octanol–water partition coefficient (Wildman–Crippen LogP) is 3.90. The summed E-state index contributed by atoms with van der Waals surface area (Å²) >= 11 is 0. The molecule has 0 unspecified atom stereocenters. The van der Waals surface area contributed by atoms with Crippen molar-refractivity contribution in [3.63, 3.8) is 0 Å². The molecule has 0 radical (unpaired) electrons. The Balaban J connectivity index is 0.000000368. The first-order chi connectivity index (χ1) is 12.2. The van der Waals surface area contributed by atoms with Crippen molar-refractivity contribution in [2.45, 2.75) is 13.8 Å². The Morgan fingerprint density at radius 1 is 0.600 bits per heavy atom. The van der Waals surface area contributed by atoms with Crippen molar-refractivity contribution in [1.29, 1.82) is 21.0 Å². The van der Waals surface area contributed by atoms with Gasteiger partial charge in [-0.05, 0) is 38.1 Å². The SMILES string of the molecule is CCOCC.N#Cc1ccccc1C#N.N#Cc1ccccc1C#N.